The fourth-order valence-corrected chi connectivity index (χ4v) is 2.24. The van der Waals surface area contributed by atoms with E-state index < -0.39 is 0 Å². The second kappa shape index (κ2) is 6.44. The van der Waals surface area contributed by atoms with E-state index >= 15 is 0 Å². The third kappa shape index (κ3) is 3.76. The van der Waals surface area contributed by atoms with E-state index in [-0.39, 0.29) is 11.9 Å². The van der Waals surface area contributed by atoms with Crippen LogP contribution in [0, 0.1) is 5.92 Å². The lowest BCUT2D eigenvalue weighted by Crippen LogP contribution is -2.30. The van der Waals surface area contributed by atoms with Gasteiger partial charge in [-0.15, -0.1) is 10.2 Å². The predicted octanol–water partition coefficient (Wildman–Crippen LogP) is 0.157. The summed E-state index contributed by atoms with van der Waals surface area (Å²) in [6, 6.07) is -0.190. The van der Waals surface area contributed by atoms with E-state index in [1.807, 2.05) is 6.92 Å². The molecule has 1 aliphatic rings. The number of piperidine rings is 1. The summed E-state index contributed by atoms with van der Waals surface area (Å²) in [5.74, 6) is 1.26. The summed E-state index contributed by atoms with van der Waals surface area (Å²) >= 11 is 0. The van der Waals surface area contributed by atoms with Crippen molar-refractivity contribution in [3.63, 3.8) is 0 Å². The third-order valence-corrected chi connectivity index (χ3v) is 3.36. The molecule has 1 fully saturated rings. The Morgan fingerprint density at radius 3 is 2.94 bits per heavy atom. The lowest BCUT2D eigenvalue weighted by molar-refractivity contribution is -0.122. The van der Waals surface area contributed by atoms with Crippen molar-refractivity contribution in [2.45, 2.75) is 38.6 Å². The number of tetrazole rings is 1. The van der Waals surface area contributed by atoms with Gasteiger partial charge in [0, 0.05) is 6.42 Å². The van der Waals surface area contributed by atoms with Gasteiger partial charge in [0.25, 0.3) is 0 Å². The molecule has 0 aliphatic carbocycles. The topological polar surface area (TPSA) is 95.6 Å². The van der Waals surface area contributed by atoms with Gasteiger partial charge in [-0.3, -0.25) is 4.79 Å². The highest BCUT2D eigenvalue weighted by molar-refractivity contribution is 5.76. The van der Waals surface area contributed by atoms with Gasteiger partial charge in [0.1, 0.15) is 0 Å². The van der Waals surface area contributed by atoms with Crippen molar-refractivity contribution in [2.24, 2.45) is 5.92 Å². The number of carbonyl (C=O) groups is 1. The molecule has 7 nitrogen and oxygen atoms in total. The SMILES string of the molecule is CC(NC(=O)CCC1CCNCC1)c1nn[nH]n1. The quantitative estimate of drug-likeness (QED) is 0.693. The molecule has 1 atom stereocenters. The molecule has 100 valence electrons. The zero-order valence-electron chi connectivity index (χ0n) is 10.6. The molecular weight excluding hydrogens is 232 g/mol. The number of carbonyl (C=O) groups excluding carboxylic acids is 1. The number of nitrogens with zero attached hydrogens (tertiary/aromatic N) is 3. The Morgan fingerprint density at radius 1 is 1.50 bits per heavy atom. The monoisotopic (exact) mass is 252 g/mol. The minimum absolute atomic E-state index is 0.0610. The van der Waals surface area contributed by atoms with Crippen molar-refractivity contribution in [3.8, 4) is 0 Å². The fraction of sp³-hybridized carbons (Fsp3) is 0.818. The standard InChI is InChI=1S/C11H20N6O/c1-8(11-14-16-17-15-11)13-10(18)3-2-9-4-6-12-7-5-9/h8-9,12H,2-7H2,1H3,(H,13,18)(H,14,15,16,17). The molecule has 2 rings (SSSR count). The number of hydrogen-bond acceptors (Lipinski definition) is 5. The Hall–Kier alpha value is -1.50. The van der Waals surface area contributed by atoms with E-state index in [2.05, 4.69) is 31.3 Å². The smallest absolute Gasteiger partial charge is 0.220 e. The van der Waals surface area contributed by atoms with Crippen LogP contribution in [0.2, 0.25) is 0 Å². The van der Waals surface area contributed by atoms with Crippen LogP contribution in [0.15, 0.2) is 0 Å². The minimum Gasteiger partial charge on any atom is -0.346 e. The second-order valence-electron chi connectivity index (χ2n) is 4.79. The van der Waals surface area contributed by atoms with Crippen LogP contribution < -0.4 is 10.6 Å². The number of rotatable bonds is 5. The first kappa shape index (κ1) is 12.9. The summed E-state index contributed by atoms with van der Waals surface area (Å²) in [5, 5.41) is 19.8. The van der Waals surface area contributed by atoms with Crippen molar-refractivity contribution in [1.29, 1.82) is 0 Å². The number of aromatic nitrogens is 4. The summed E-state index contributed by atoms with van der Waals surface area (Å²) < 4.78 is 0. The van der Waals surface area contributed by atoms with Crippen LogP contribution in [0.4, 0.5) is 0 Å². The maximum absolute atomic E-state index is 11.8. The van der Waals surface area contributed by atoms with Crippen LogP contribution in [-0.4, -0.2) is 39.6 Å². The van der Waals surface area contributed by atoms with Gasteiger partial charge in [-0.05, 0) is 45.2 Å². The van der Waals surface area contributed by atoms with E-state index in [0.29, 0.717) is 18.2 Å². The van der Waals surface area contributed by atoms with Crippen molar-refractivity contribution in [1.82, 2.24) is 31.3 Å². The first-order chi connectivity index (χ1) is 8.75. The number of hydrogen-bond donors (Lipinski definition) is 3. The highest BCUT2D eigenvalue weighted by atomic mass is 16.1. The van der Waals surface area contributed by atoms with E-state index in [9.17, 15) is 4.79 Å². The molecule has 7 heteroatoms. The van der Waals surface area contributed by atoms with E-state index in [1.54, 1.807) is 0 Å². The Kier molecular flexibility index (Phi) is 4.63. The molecule has 1 aliphatic heterocycles. The van der Waals surface area contributed by atoms with Crippen LogP contribution in [0.3, 0.4) is 0 Å². The molecule has 1 unspecified atom stereocenters. The molecule has 0 saturated carbocycles. The minimum atomic E-state index is -0.190. The summed E-state index contributed by atoms with van der Waals surface area (Å²) in [4.78, 5) is 11.8. The van der Waals surface area contributed by atoms with Crippen LogP contribution in [0.5, 0.6) is 0 Å². The fourth-order valence-electron chi connectivity index (χ4n) is 2.24. The number of H-pyrrole nitrogens is 1. The van der Waals surface area contributed by atoms with Gasteiger partial charge in [-0.1, -0.05) is 5.21 Å². The molecule has 0 radical (unpaired) electrons. The highest BCUT2D eigenvalue weighted by Gasteiger charge is 2.17. The van der Waals surface area contributed by atoms with Crippen LogP contribution in [0.25, 0.3) is 0 Å². The van der Waals surface area contributed by atoms with Gasteiger partial charge in [0.2, 0.25) is 5.91 Å². The average molecular weight is 252 g/mol. The Balaban J connectivity index is 1.68. The van der Waals surface area contributed by atoms with Crippen LogP contribution in [0.1, 0.15) is 44.5 Å². The van der Waals surface area contributed by atoms with E-state index in [4.69, 9.17) is 0 Å². The Morgan fingerprint density at radius 2 is 2.28 bits per heavy atom. The molecule has 3 N–H and O–H groups in total. The maximum Gasteiger partial charge on any atom is 0.220 e. The molecule has 18 heavy (non-hydrogen) atoms. The number of nitrogens with one attached hydrogen (secondary N) is 3. The lowest BCUT2D eigenvalue weighted by atomic mass is 9.93. The van der Waals surface area contributed by atoms with Gasteiger partial charge >= 0.3 is 0 Å². The predicted molar refractivity (Wildman–Crippen MR) is 65.6 cm³/mol. The lowest BCUT2D eigenvalue weighted by Gasteiger charge is -2.22. The molecule has 0 spiro atoms. The van der Waals surface area contributed by atoms with Gasteiger partial charge in [-0.2, -0.15) is 5.21 Å². The molecular formula is C11H20N6O. The third-order valence-electron chi connectivity index (χ3n) is 3.36. The first-order valence-electron chi connectivity index (χ1n) is 6.49. The van der Waals surface area contributed by atoms with Crippen LogP contribution >= 0.6 is 0 Å². The summed E-state index contributed by atoms with van der Waals surface area (Å²) in [6.07, 6.45) is 3.89. The van der Waals surface area contributed by atoms with Crippen molar-refractivity contribution in [3.05, 3.63) is 5.82 Å². The Bertz CT molecular complexity index is 360. The Labute approximate surface area is 106 Å². The summed E-state index contributed by atoms with van der Waals surface area (Å²) in [6.45, 7) is 4.00. The number of aromatic amines is 1. The van der Waals surface area contributed by atoms with Gasteiger partial charge in [-0.25, -0.2) is 0 Å². The zero-order chi connectivity index (χ0) is 12.8. The van der Waals surface area contributed by atoms with E-state index in [0.717, 1.165) is 19.5 Å². The van der Waals surface area contributed by atoms with Crippen LogP contribution in [-0.2, 0) is 4.79 Å². The van der Waals surface area contributed by atoms with Crippen molar-refractivity contribution in [2.75, 3.05) is 13.1 Å². The second-order valence-corrected chi connectivity index (χ2v) is 4.79. The average Bonchev–Trinajstić information content (AvgIpc) is 2.91. The van der Waals surface area contributed by atoms with Crippen molar-refractivity contribution < 1.29 is 4.79 Å². The van der Waals surface area contributed by atoms with E-state index in [1.165, 1.54) is 12.8 Å². The molecule has 1 amide bonds. The maximum atomic E-state index is 11.8. The molecule has 0 bridgehead atoms. The highest BCUT2D eigenvalue weighted by Crippen LogP contribution is 2.17. The molecule has 1 aromatic rings. The summed E-state index contributed by atoms with van der Waals surface area (Å²) in [7, 11) is 0. The van der Waals surface area contributed by atoms with Gasteiger partial charge < -0.3 is 10.6 Å². The summed E-state index contributed by atoms with van der Waals surface area (Å²) in [5.41, 5.74) is 0. The molecule has 1 saturated heterocycles. The van der Waals surface area contributed by atoms with Crippen molar-refractivity contribution >= 4 is 5.91 Å². The molecule has 1 aromatic heterocycles. The largest absolute Gasteiger partial charge is 0.346 e. The van der Waals surface area contributed by atoms with Gasteiger partial charge in [0.15, 0.2) is 5.82 Å². The van der Waals surface area contributed by atoms with Gasteiger partial charge in [0.05, 0.1) is 6.04 Å². The zero-order valence-corrected chi connectivity index (χ0v) is 10.6. The molecule has 0 aromatic carbocycles. The normalized spacial score (nSPS) is 18.5. The first-order valence-corrected chi connectivity index (χ1v) is 6.49. The molecule has 2 heterocycles. The number of amides is 1.